The summed E-state index contributed by atoms with van der Waals surface area (Å²) in [5.41, 5.74) is 5.60. The number of ether oxygens (including phenoxy) is 1. The van der Waals surface area contributed by atoms with Gasteiger partial charge >= 0.3 is 5.97 Å². The molecule has 0 amide bonds. The largest absolute Gasteiger partial charge is 0.425 e. The Hall–Kier alpha value is -1.95. The Bertz CT molecular complexity index is 417. The number of non-ortho nitro benzene ring substituents is 1. The second kappa shape index (κ2) is 6.70. The molecule has 1 aromatic carbocycles. The van der Waals surface area contributed by atoms with E-state index in [1.807, 2.05) is 6.92 Å². The molecule has 0 heterocycles. The molecule has 0 saturated heterocycles. The first-order valence-electron chi connectivity index (χ1n) is 5.76. The van der Waals surface area contributed by atoms with E-state index in [1.54, 1.807) is 0 Å². The maximum atomic E-state index is 11.6. The molecule has 0 bridgehead atoms. The zero-order chi connectivity index (χ0) is 13.5. The van der Waals surface area contributed by atoms with Gasteiger partial charge in [-0.1, -0.05) is 19.8 Å². The van der Waals surface area contributed by atoms with E-state index in [1.165, 1.54) is 24.3 Å². The molecule has 0 spiro atoms. The van der Waals surface area contributed by atoms with Gasteiger partial charge in [-0.15, -0.1) is 0 Å². The molecule has 6 nitrogen and oxygen atoms in total. The maximum absolute atomic E-state index is 11.6. The minimum atomic E-state index is -0.653. The summed E-state index contributed by atoms with van der Waals surface area (Å²) in [6.07, 6.45) is 2.39. The van der Waals surface area contributed by atoms with E-state index in [4.69, 9.17) is 10.5 Å². The summed E-state index contributed by atoms with van der Waals surface area (Å²) in [7, 11) is 0. The molecule has 2 N–H and O–H groups in total. The minimum absolute atomic E-state index is 0.0509. The lowest BCUT2D eigenvalue weighted by molar-refractivity contribution is -0.384. The zero-order valence-electron chi connectivity index (χ0n) is 10.2. The number of nitrogens with zero attached hydrogens (tertiary/aromatic N) is 1. The first-order chi connectivity index (χ1) is 8.54. The van der Waals surface area contributed by atoms with Crippen molar-refractivity contribution in [2.75, 3.05) is 0 Å². The van der Waals surface area contributed by atoms with Crippen molar-refractivity contribution in [2.45, 2.75) is 32.2 Å². The van der Waals surface area contributed by atoms with Gasteiger partial charge in [-0.2, -0.15) is 0 Å². The summed E-state index contributed by atoms with van der Waals surface area (Å²) in [4.78, 5) is 21.5. The Labute approximate surface area is 105 Å². The van der Waals surface area contributed by atoms with Crippen LogP contribution in [0.4, 0.5) is 5.69 Å². The molecule has 0 aliphatic heterocycles. The van der Waals surface area contributed by atoms with Crippen LogP contribution in [0.1, 0.15) is 26.2 Å². The third-order valence-electron chi connectivity index (χ3n) is 2.44. The lowest BCUT2D eigenvalue weighted by Gasteiger charge is -2.10. The van der Waals surface area contributed by atoms with Crippen LogP contribution in [-0.2, 0) is 4.79 Å². The van der Waals surface area contributed by atoms with Crippen molar-refractivity contribution in [3.8, 4) is 5.75 Å². The van der Waals surface area contributed by atoms with Crippen LogP contribution in [0, 0.1) is 10.1 Å². The highest BCUT2D eigenvalue weighted by molar-refractivity contribution is 5.77. The van der Waals surface area contributed by atoms with Gasteiger partial charge in [0.15, 0.2) is 0 Å². The van der Waals surface area contributed by atoms with Crippen LogP contribution in [0.2, 0.25) is 0 Å². The lowest BCUT2D eigenvalue weighted by atomic mass is 10.1. The van der Waals surface area contributed by atoms with Gasteiger partial charge in [-0.05, 0) is 18.6 Å². The van der Waals surface area contributed by atoms with Gasteiger partial charge in [-0.3, -0.25) is 10.1 Å². The fourth-order valence-corrected chi connectivity index (χ4v) is 1.37. The number of nitro benzene ring substituents is 1. The van der Waals surface area contributed by atoms with Crippen molar-refractivity contribution in [1.82, 2.24) is 0 Å². The summed E-state index contributed by atoms with van der Waals surface area (Å²) in [6, 6.07) is 4.66. The number of benzene rings is 1. The van der Waals surface area contributed by atoms with E-state index in [2.05, 4.69) is 0 Å². The quantitative estimate of drug-likeness (QED) is 0.361. The van der Waals surface area contributed by atoms with Crippen LogP contribution in [0.5, 0.6) is 5.75 Å². The fraction of sp³-hybridized carbons (Fsp3) is 0.417. The van der Waals surface area contributed by atoms with E-state index >= 15 is 0 Å². The molecule has 1 rings (SSSR count). The third-order valence-corrected chi connectivity index (χ3v) is 2.44. The fourth-order valence-electron chi connectivity index (χ4n) is 1.37. The normalized spacial score (nSPS) is 11.9. The van der Waals surface area contributed by atoms with Crippen molar-refractivity contribution in [3.63, 3.8) is 0 Å². The Balaban J connectivity index is 2.56. The number of carbonyl (C=O) groups is 1. The second-order valence-corrected chi connectivity index (χ2v) is 3.92. The first kappa shape index (κ1) is 14.1. The predicted molar refractivity (Wildman–Crippen MR) is 66.2 cm³/mol. The van der Waals surface area contributed by atoms with Gasteiger partial charge in [0.25, 0.3) is 5.69 Å². The molecule has 98 valence electrons. The van der Waals surface area contributed by atoms with E-state index in [9.17, 15) is 14.9 Å². The molecular formula is C12H16N2O4. The highest BCUT2D eigenvalue weighted by Crippen LogP contribution is 2.17. The zero-order valence-corrected chi connectivity index (χ0v) is 10.2. The molecule has 0 radical (unpaired) electrons. The van der Waals surface area contributed by atoms with Gasteiger partial charge in [0.1, 0.15) is 11.8 Å². The molecule has 6 heteroatoms. The van der Waals surface area contributed by atoms with Crippen LogP contribution < -0.4 is 10.5 Å². The van der Waals surface area contributed by atoms with Gasteiger partial charge in [0, 0.05) is 12.1 Å². The van der Waals surface area contributed by atoms with E-state index in [0.29, 0.717) is 6.42 Å². The molecule has 0 aliphatic rings. The summed E-state index contributed by atoms with van der Waals surface area (Å²) < 4.78 is 5.02. The Morgan fingerprint density at radius 1 is 1.44 bits per heavy atom. The van der Waals surface area contributed by atoms with Gasteiger partial charge in [0.2, 0.25) is 0 Å². The number of nitrogens with two attached hydrogens (primary N) is 1. The summed E-state index contributed by atoms with van der Waals surface area (Å²) in [6.45, 7) is 2.01. The maximum Gasteiger partial charge on any atom is 0.328 e. The Morgan fingerprint density at radius 2 is 2.06 bits per heavy atom. The van der Waals surface area contributed by atoms with Gasteiger partial charge < -0.3 is 10.5 Å². The molecule has 1 aromatic rings. The van der Waals surface area contributed by atoms with Crippen LogP contribution in [0.3, 0.4) is 0 Å². The molecule has 1 atom stereocenters. The first-order valence-corrected chi connectivity index (χ1v) is 5.76. The highest BCUT2D eigenvalue weighted by atomic mass is 16.6. The Kier molecular flexibility index (Phi) is 5.26. The molecule has 18 heavy (non-hydrogen) atoms. The monoisotopic (exact) mass is 252 g/mol. The van der Waals surface area contributed by atoms with Crippen LogP contribution in [0.25, 0.3) is 0 Å². The van der Waals surface area contributed by atoms with Crippen LogP contribution >= 0.6 is 0 Å². The second-order valence-electron chi connectivity index (χ2n) is 3.92. The molecular weight excluding hydrogens is 236 g/mol. The number of nitro groups is 1. The molecule has 1 unspecified atom stereocenters. The Morgan fingerprint density at radius 3 is 2.56 bits per heavy atom. The van der Waals surface area contributed by atoms with E-state index in [-0.39, 0.29) is 11.4 Å². The van der Waals surface area contributed by atoms with Crippen molar-refractivity contribution in [2.24, 2.45) is 5.73 Å². The number of unbranched alkanes of at least 4 members (excludes halogenated alkanes) is 1. The van der Waals surface area contributed by atoms with Crippen molar-refractivity contribution in [1.29, 1.82) is 0 Å². The van der Waals surface area contributed by atoms with Crippen molar-refractivity contribution >= 4 is 11.7 Å². The average molecular weight is 252 g/mol. The van der Waals surface area contributed by atoms with Crippen molar-refractivity contribution < 1.29 is 14.5 Å². The van der Waals surface area contributed by atoms with Gasteiger partial charge in [-0.25, -0.2) is 4.79 Å². The predicted octanol–water partition coefficient (Wildman–Crippen LogP) is 2.02. The van der Waals surface area contributed by atoms with Crippen molar-refractivity contribution in [3.05, 3.63) is 34.4 Å². The average Bonchev–Trinajstić information content (AvgIpc) is 2.36. The van der Waals surface area contributed by atoms with Gasteiger partial charge in [0.05, 0.1) is 4.92 Å². The minimum Gasteiger partial charge on any atom is -0.425 e. The summed E-state index contributed by atoms with van der Waals surface area (Å²) in [5, 5.41) is 10.4. The summed E-state index contributed by atoms with van der Waals surface area (Å²) in [5.74, 6) is -0.255. The molecule has 0 aromatic heterocycles. The molecule has 0 aliphatic carbocycles. The number of hydrogen-bond donors (Lipinski definition) is 1. The molecule has 0 fully saturated rings. The smallest absolute Gasteiger partial charge is 0.328 e. The standard InChI is InChI=1S/C12H16N2O4/c1-2-3-4-11(13)12(15)18-10-7-5-9(6-8-10)14(16)17/h5-8,11H,2-4,13H2,1H3. The SMILES string of the molecule is CCCCC(N)C(=O)Oc1ccc([N+](=O)[O-])cc1. The van der Waals surface area contributed by atoms with Crippen LogP contribution in [0.15, 0.2) is 24.3 Å². The third kappa shape index (κ3) is 4.14. The number of hydrogen-bond acceptors (Lipinski definition) is 5. The highest BCUT2D eigenvalue weighted by Gasteiger charge is 2.15. The molecule has 0 saturated carbocycles. The topological polar surface area (TPSA) is 95.5 Å². The number of rotatable bonds is 6. The number of carbonyl (C=O) groups excluding carboxylic acids is 1. The summed E-state index contributed by atoms with van der Waals surface area (Å²) >= 11 is 0. The van der Waals surface area contributed by atoms with Crippen LogP contribution in [-0.4, -0.2) is 16.9 Å². The van der Waals surface area contributed by atoms with E-state index in [0.717, 1.165) is 12.8 Å². The van der Waals surface area contributed by atoms with E-state index < -0.39 is 16.9 Å². The lowest BCUT2D eigenvalue weighted by Crippen LogP contribution is -2.34. The number of esters is 1.